The van der Waals surface area contributed by atoms with Crippen LogP contribution in [0.25, 0.3) is 11.4 Å². The number of carbonyl (C=O) groups is 1. The van der Waals surface area contributed by atoms with Crippen molar-refractivity contribution in [1.82, 2.24) is 10.1 Å². The van der Waals surface area contributed by atoms with Crippen molar-refractivity contribution in [1.29, 1.82) is 0 Å². The minimum absolute atomic E-state index is 0.0376. The first-order valence-corrected chi connectivity index (χ1v) is 11.6. The second kappa shape index (κ2) is 9.44. The number of halogens is 1. The smallest absolute Gasteiger partial charge is 0.338 e. The molecule has 4 aromatic rings. The molecule has 0 amide bonds. The molecule has 4 rings (SSSR count). The van der Waals surface area contributed by atoms with Crippen LogP contribution in [0.1, 0.15) is 21.8 Å². The summed E-state index contributed by atoms with van der Waals surface area (Å²) in [7, 11) is -2.46. The number of nitrogens with zero attached hydrogens (tertiary/aromatic N) is 3. The van der Waals surface area contributed by atoms with Crippen LogP contribution in [0.3, 0.4) is 0 Å². The topological polar surface area (TPSA) is 103 Å². The predicted molar refractivity (Wildman–Crippen MR) is 122 cm³/mol. The van der Waals surface area contributed by atoms with Gasteiger partial charge >= 0.3 is 5.97 Å². The van der Waals surface area contributed by atoms with E-state index in [9.17, 15) is 17.6 Å². The molecule has 0 N–H and O–H groups in total. The normalized spacial score (nSPS) is 11.3. The van der Waals surface area contributed by atoms with Crippen LogP contribution in [-0.2, 0) is 21.4 Å². The molecular weight excluding hydrogens is 461 g/mol. The molecule has 34 heavy (non-hydrogen) atoms. The lowest BCUT2D eigenvalue weighted by atomic mass is 10.2. The van der Waals surface area contributed by atoms with Gasteiger partial charge in [0.25, 0.3) is 15.9 Å². The van der Waals surface area contributed by atoms with Gasteiger partial charge in [-0.1, -0.05) is 28.9 Å². The van der Waals surface area contributed by atoms with Gasteiger partial charge < -0.3 is 9.26 Å². The largest absolute Gasteiger partial charge is 0.452 e. The number of sulfonamides is 1. The Labute approximate surface area is 195 Å². The lowest BCUT2D eigenvalue weighted by Gasteiger charge is -2.20. The van der Waals surface area contributed by atoms with Crippen LogP contribution >= 0.6 is 0 Å². The van der Waals surface area contributed by atoms with E-state index in [0.29, 0.717) is 11.3 Å². The SMILES string of the molecule is Cc1ccc(N(C)S(=O)(=O)c2cccc(C(=O)OCc3nc(-c4ccc(F)cc4)no3)c2)cc1. The van der Waals surface area contributed by atoms with Gasteiger partial charge in [-0.05, 0) is 61.5 Å². The molecule has 0 saturated carbocycles. The highest BCUT2D eigenvalue weighted by Crippen LogP contribution is 2.23. The molecule has 0 saturated heterocycles. The van der Waals surface area contributed by atoms with E-state index >= 15 is 0 Å². The van der Waals surface area contributed by atoms with Gasteiger partial charge in [-0.25, -0.2) is 17.6 Å². The van der Waals surface area contributed by atoms with Gasteiger partial charge in [-0.2, -0.15) is 4.98 Å². The zero-order valence-electron chi connectivity index (χ0n) is 18.3. The Morgan fingerprint density at radius 2 is 1.76 bits per heavy atom. The molecule has 1 aromatic heterocycles. The molecule has 174 valence electrons. The second-order valence-corrected chi connectivity index (χ2v) is 9.40. The number of hydrogen-bond acceptors (Lipinski definition) is 7. The third-order valence-electron chi connectivity index (χ3n) is 5.02. The molecule has 0 spiro atoms. The molecule has 8 nitrogen and oxygen atoms in total. The summed E-state index contributed by atoms with van der Waals surface area (Å²) >= 11 is 0. The molecule has 0 bridgehead atoms. The number of benzene rings is 3. The average Bonchev–Trinajstić information content (AvgIpc) is 3.32. The van der Waals surface area contributed by atoms with Gasteiger partial charge in [0.1, 0.15) is 5.82 Å². The average molecular weight is 482 g/mol. The van der Waals surface area contributed by atoms with Crippen molar-refractivity contribution in [3.05, 3.63) is 95.6 Å². The van der Waals surface area contributed by atoms with Crippen molar-refractivity contribution in [3.63, 3.8) is 0 Å². The number of carbonyl (C=O) groups excluding carboxylic acids is 1. The first kappa shape index (κ1) is 23.1. The van der Waals surface area contributed by atoms with Crippen LogP contribution in [0, 0.1) is 12.7 Å². The van der Waals surface area contributed by atoms with Crippen molar-refractivity contribution in [2.45, 2.75) is 18.4 Å². The molecule has 0 unspecified atom stereocenters. The number of rotatable bonds is 7. The van der Waals surface area contributed by atoms with Crippen LogP contribution in [0.4, 0.5) is 10.1 Å². The first-order valence-electron chi connectivity index (χ1n) is 10.2. The molecule has 0 aliphatic rings. The third-order valence-corrected chi connectivity index (χ3v) is 6.80. The Kier molecular flexibility index (Phi) is 6.42. The Balaban J connectivity index is 1.46. The highest BCUT2D eigenvalue weighted by molar-refractivity contribution is 7.92. The number of aromatic nitrogens is 2. The lowest BCUT2D eigenvalue weighted by molar-refractivity contribution is 0.0429. The van der Waals surface area contributed by atoms with Crippen molar-refractivity contribution in [2.24, 2.45) is 0 Å². The quantitative estimate of drug-likeness (QED) is 0.361. The van der Waals surface area contributed by atoms with E-state index in [1.54, 1.807) is 12.1 Å². The highest BCUT2D eigenvalue weighted by atomic mass is 32.2. The van der Waals surface area contributed by atoms with E-state index in [0.717, 1.165) is 9.87 Å². The van der Waals surface area contributed by atoms with E-state index in [1.165, 1.54) is 55.6 Å². The van der Waals surface area contributed by atoms with E-state index < -0.39 is 21.8 Å². The van der Waals surface area contributed by atoms with Crippen molar-refractivity contribution in [2.75, 3.05) is 11.4 Å². The molecule has 0 aliphatic carbocycles. The number of aryl methyl sites for hydroxylation is 1. The zero-order chi connectivity index (χ0) is 24.3. The molecule has 3 aromatic carbocycles. The van der Waals surface area contributed by atoms with Crippen LogP contribution in [0.2, 0.25) is 0 Å². The van der Waals surface area contributed by atoms with Gasteiger partial charge in [-0.15, -0.1) is 0 Å². The van der Waals surface area contributed by atoms with Gasteiger partial charge in [0, 0.05) is 12.6 Å². The van der Waals surface area contributed by atoms with Gasteiger partial charge in [-0.3, -0.25) is 4.31 Å². The summed E-state index contributed by atoms with van der Waals surface area (Å²) in [6, 6.07) is 18.1. The minimum atomic E-state index is -3.90. The maximum atomic E-state index is 13.1. The van der Waals surface area contributed by atoms with Gasteiger partial charge in [0.05, 0.1) is 16.1 Å². The molecule has 0 aliphatic heterocycles. The summed E-state index contributed by atoms with van der Waals surface area (Å²) < 4.78 is 50.6. The first-order chi connectivity index (χ1) is 16.2. The maximum Gasteiger partial charge on any atom is 0.338 e. The van der Waals surface area contributed by atoms with E-state index in [1.807, 2.05) is 19.1 Å². The van der Waals surface area contributed by atoms with Gasteiger partial charge in [0.2, 0.25) is 5.82 Å². The monoisotopic (exact) mass is 481 g/mol. The Morgan fingerprint density at radius 3 is 2.47 bits per heavy atom. The standard InChI is InChI=1S/C24H20FN3O5S/c1-16-6-12-20(13-7-16)28(2)34(30,31)21-5-3-4-18(14-21)24(29)32-15-22-26-23(27-33-22)17-8-10-19(25)11-9-17/h3-14H,15H2,1-2H3. The Morgan fingerprint density at radius 1 is 1.06 bits per heavy atom. The fraction of sp³-hybridized carbons (Fsp3) is 0.125. The maximum absolute atomic E-state index is 13.1. The summed E-state index contributed by atoms with van der Waals surface area (Å²) in [5, 5.41) is 3.78. The van der Waals surface area contributed by atoms with Crippen molar-refractivity contribution in [3.8, 4) is 11.4 Å². The summed E-state index contributed by atoms with van der Waals surface area (Å²) in [5.74, 6) is -0.888. The van der Waals surface area contributed by atoms with Crippen LogP contribution in [-0.4, -0.2) is 31.6 Å². The summed E-state index contributed by atoms with van der Waals surface area (Å²) in [5.41, 5.74) is 2.09. The molecule has 0 radical (unpaired) electrons. The molecular formula is C24H20FN3O5S. The fourth-order valence-corrected chi connectivity index (χ4v) is 4.32. The summed E-state index contributed by atoms with van der Waals surface area (Å²) in [4.78, 5) is 16.6. The third kappa shape index (κ3) is 4.96. The highest BCUT2D eigenvalue weighted by Gasteiger charge is 2.23. The zero-order valence-corrected chi connectivity index (χ0v) is 19.1. The molecule has 0 fully saturated rings. The number of esters is 1. The van der Waals surface area contributed by atoms with Crippen molar-refractivity contribution < 1.29 is 26.9 Å². The summed E-state index contributed by atoms with van der Waals surface area (Å²) in [6.45, 7) is 1.60. The molecule has 0 atom stereocenters. The van der Waals surface area contributed by atoms with Crippen molar-refractivity contribution >= 4 is 21.7 Å². The summed E-state index contributed by atoms with van der Waals surface area (Å²) in [6.07, 6.45) is 0. The van der Waals surface area contributed by atoms with Crippen LogP contribution < -0.4 is 4.31 Å². The second-order valence-electron chi connectivity index (χ2n) is 7.43. The van der Waals surface area contributed by atoms with Crippen LogP contribution in [0.5, 0.6) is 0 Å². The Hall–Kier alpha value is -4.05. The minimum Gasteiger partial charge on any atom is -0.452 e. The number of hydrogen-bond donors (Lipinski definition) is 0. The number of anilines is 1. The molecule has 1 heterocycles. The van der Waals surface area contributed by atoms with E-state index in [-0.39, 0.29) is 28.8 Å². The lowest BCUT2D eigenvalue weighted by Crippen LogP contribution is -2.26. The van der Waals surface area contributed by atoms with Gasteiger partial charge in [0.15, 0.2) is 6.61 Å². The van der Waals surface area contributed by atoms with E-state index in [4.69, 9.17) is 9.26 Å². The molecule has 10 heteroatoms. The van der Waals surface area contributed by atoms with E-state index in [2.05, 4.69) is 10.1 Å². The fourth-order valence-electron chi connectivity index (χ4n) is 3.08. The predicted octanol–water partition coefficient (Wildman–Crippen LogP) is 4.37. The Bertz CT molecular complexity index is 1420. The van der Waals surface area contributed by atoms with Crippen LogP contribution in [0.15, 0.2) is 82.2 Å². The number of ether oxygens (including phenoxy) is 1.